The molecule has 0 radical (unpaired) electrons. The monoisotopic (exact) mass is 386 g/mol. The Morgan fingerprint density at radius 3 is 2.23 bits per heavy atom. The lowest BCUT2D eigenvalue weighted by Crippen LogP contribution is -2.34. The largest absolute Gasteiger partial charge is 0.466 e. The first-order valence-corrected chi connectivity index (χ1v) is 9.76. The molecule has 0 fully saturated rings. The molecule has 0 saturated carbocycles. The second kappa shape index (κ2) is 10.2. The highest BCUT2D eigenvalue weighted by molar-refractivity contribution is 7.89. The molecule has 0 aliphatic carbocycles. The molecule has 0 unspecified atom stereocenters. The zero-order valence-electron chi connectivity index (χ0n) is 15.3. The SMILES string of the molecule is CCOC(=O)CCN(CCCO)C(=O)c1ccc(S(=O)(=O)N(C)C)cc1. The number of nitrogens with zero attached hydrogens (tertiary/aromatic N) is 2. The first-order valence-electron chi connectivity index (χ1n) is 8.32. The van der Waals surface area contributed by atoms with Crippen molar-refractivity contribution in [1.82, 2.24) is 9.21 Å². The number of aliphatic hydroxyl groups excluding tert-OH is 1. The maximum atomic E-state index is 12.6. The van der Waals surface area contributed by atoms with E-state index < -0.39 is 16.0 Å². The van der Waals surface area contributed by atoms with Gasteiger partial charge >= 0.3 is 5.97 Å². The summed E-state index contributed by atoms with van der Waals surface area (Å²) < 4.78 is 30.1. The summed E-state index contributed by atoms with van der Waals surface area (Å²) in [6.45, 7) is 2.34. The van der Waals surface area contributed by atoms with Crippen LogP contribution in [0, 0.1) is 0 Å². The van der Waals surface area contributed by atoms with Gasteiger partial charge in [-0.05, 0) is 37.6 Å². The molecule has 146 valence electrons. The van der Waals surface area contributed by atoms with E-state index in [0.717, 1.165) is 4.31 Å². The summed E-state index contributed by atoms with van der Waals surface area (Å²) in [7, 11) is -0.705. The molecule has 8 nitrogen and oxygen atoms in total. The number of carbonyl (C=O) groups excluding carboxylic acids is 2. The van der Waals surface area contributed by atoms with Crippen molar-refractivity contribution in [2.45, 2.75) is 24.7 Å². The number of benzene rings is 1. The van der Waals surface area contributed by atoms with Gasteiger partial charge in [0.05, 0.1) is 17.9 Å². The van der Waals surface area contributed by atoms with Gasteiger partial charge in [0, 0.05) is 39.4 Å². The van der Waals surface area contributed by atoms with E-state index >= 15 is 0 Å². The van der Waals surface area contributed by atoms with Crippen molar-refractivity contribution in [3.8, 4) is 0 Å². The Kier molecular flexibility index (Phi) is 8.70. The molecule has 0 heterocycles. The van der Waals surface area contributed by atoms with Gasteiger partial charge in [-0.25, -0.2) is 12.7 Å². The van der Waals surface area contributed by atoms with Gasteiger partial charge in [0.15, 0.2) is 0 Å². The van der Waals surface area contributed by atoms with Gasteiger partial charge in [-0.15, -0.1) is 0 Å². The van der Waals surface area contributed by atoms with Crippen LogP contribution in [0.15, 0.2) is 29.2 Å². The van der Waals surface area contributed by atoms with Gasteiger partial charge in [0.25, 0.3) is 5.91 Å². The van der Waals surface area contributed by atoms with Crippen LogP contribution < -0.4 is 0 Å². The molecule has 1 aromatic rings. The highest BCUT2D eigenvalue weighted by Crippen LogP contribution is 2.15. The van der Waals surface area contributed by atoms with Crippen LogP contribution in [-0.2, 0) is 19.6 Å². The maximum absolute atomic E-state index is 12.6. The first kappa shape index (κ1) is 22.1. The molecule has 26 heavy (non-hydrogen) atoms. The fraction of sp³-hybridized carbons (Fsp3) is 0.529. The Morgan fingerprint density at radius 2 is 1.73 bits per heavy atom. The van der Waals surface area contributed by atoms with Crippen molar-refractivity contribution in [1.29, 1.82) is 0 Å². The molecular formula is C17H26N2O6S. The van der Waals surface area contributed by atoms with Gasteiger partial charge in [0.2, 0.25) is 10.0 Å². The van der Waals surface area contributed by atoms with E-state index in [1.165, 1.54) is 43.3 Å². The van der Waals surface area contributed by atoms with E-state index in [2.05, 4.69) is 0 Å². The normalized spacial score (nSPS) is 11.4. The standard InChI is InChI=1S/C17H26N2O6S/c1-4-25-16(21)10-12-19(11-5-13-20)17(22)14-6-8-15(9-7-14)26(23,24)18(2)3/h6-9,20H,4-5,10-13H2,1-3H3. The number of carbonyl (C=O) groups is 2. The van der Waals surface area contributed by atoms with Crippen LogP contribution in [0.25, 0.3) is 0 Å². The summed E-state index contributed by atoms with van der Waals surface area (Å²) in [4.78, 5) is 25.7. The lowest BCUT2D eigenvalue weighted by atomic mass is 10.2. The summed E-state index contributed by atoms with van der Waals surface area (Å²) in [5, 5.41) is 9.01. The second-order valence-electron chi connectivity index (χ2n) is 5.74. The van der Waals surface area contributed by atoms with Crippen LogP contribution in [0.4, 0.5) is 0 Å². The number of hydrogen-bond donors (Lipinski definition) is 1. The summed E-state index contributed by atoms with van der Waals surface area (Å²) in [6.07, 6.45) is 0.430. The Labute approximate surface area is 154 Å². The van der Waals surface area contributed by atoms with E-state index in [1.54, 1.807) is 6.92 Å². The molecule has 0 spiro atoms. The van der Waals surface area contributed by atoms with Gasteiger partial charge in [-0.2, -0.15) is 0 Å². The minimum absolute atomic E-state index is 0.0537. The van der Waals surface area contributed by atoms with Crippen LogP contribution in [-0.4, -0.2) is 75.0 Å². The Bertz CT molecular complexity index is 700. The zero-order chi connectivity index (χ0) is 19.7. The molecule has 0 saturated heterocycles. The Balaban J connectivity index is 2.91. The minimum Gasteiger partial charge on any atom is -0.466 e. The predicted octanol–water partition coefficient (Wildman–Crippen LogP) is 0.715. The number of rotatable bonds is 10. The van der Waals surface area contributed by atoms with Gasteiger partial charge < -0.3 is 14.7 Å². The molecule has 0 aromatic heterocycles. The summed E-state index contributed by atoms with van der Waals surface area (Å²) in [5.74, 6) is -0.738. The van der Waals surface area contributed by atoms with E-state index in [4.69, 9.17) is 9.84 Å². The lowest BCUT2D eigenvalue weighted by molar-refractivity contribution is -0.143. The topological polar surface area (TPSA) is 104 Å². The van der Waals surface area contributed by atoms with Crippen LogP contribution in [0.3, 0.4) is 0 Å². The number of hydrogen-bond acceptors (Lipinski definition) is 6. The van der Waals surface area contributed by atoms with E-state index in [9.17, 15) is 18.0 Å². The molecule has 1 amide bonds. The maximum Gasteiger partial charge on any atom is 0.307 e. The third kappa shape index (κ3) is 6.08. The van der Waals surface area contributed by atoms with Gasteiger partial charge in [0.1, 0.15) is 0 Å². The molecule has 1 N–H and O–H groups in total. The molecule has 0 bridgehead atoms. The van der Waals surface area contributed by atoms with E-state index in [-0.39, 0.29) is 43.5 Å². The molecule has 9 heteroatoms. The summed E-state index contributed by atoms with van der Waals surface area (Å²) in [6, 6.07) is 5.63. The molecular weight excluding hydrogens is 360 g/mol. The van der Waals surface area contributed by atoms with Crippen LogP contribution in [0.1, 0.15) is 30.1 Å². The number of ether oxygens (including phenoxy) is 1. The van der Waals surface area contributed by atoms with Crippen molar-refractivity contribution in [3.63, 3.8) is 0 Å². The van der Waals surface area contributed by atoms with Crippen molar-refractivity contribution in [3.05, 3.63) is 29.8 Å². The number of aliphatic hydroxyl groups is 1. The van der Waals surface area contributed by atoms with Crippen molar-refractivity contribution >= 4 is 21.9 Å². The zero-order valence-corrected chi connectivity index (χ0v) is 16.2. The number of sulfonamides is 1. The lowest BCUT2D eigenvalue weighted by Gasteiger charge is -2.22. The third-order valence-corrected chi connectivity index (χ3v) is 5.47. The Morgan fingerprint density at radius 1 is 1.12 bits per heavy atom. The molecule has 0 atom stereocenters. The van der Waals surface area contributed by atoms with Crippen molar-refractivity contribution in [2.75, 3.05) is 40.4 Å². The quantitative estimate of drug-likeness (QED) is 0.594. The predicted molar refractivity (Wildman–Crippen MR) is 96.2 cm³/mol. The number of esters is 1. The van der Waals surface area contributed by atoms with Gasteiger partial charge in [-0.3, -0.25) is 9.59 Å². The molecule has 0 aliphatic rings. The molecule has 1 rings (SSSR count). The third-order valence-electron chi connectivity index (χ3n) is 3.64. The minimum atomic E-state index is -3.57. The highest BCUT2D eigenvalue weighted by Gasteiger charge is 2.20. The molecule has 1 aromatic carbocycles. The van der Waals surface area contributed by atoms with Crippen LogP contribution in [0.2, 0.25) is 0 Å². The van der Waals surface area contributed by atoms with Crippen molar-refractivity contribution in [2.24, 2.45) is 0 Å². The highest BCUT2D eigenvalue weighted by atomic mass is 32.2. The van der Waals surface area contributed by atoms with Crippen LogP contribution >= 0.6 is 0 Å². The summed E-state index contributed by atoms with van der Waals surface area (Å²) in [5.41, 5.74) is 0.310. The molecule has 0 aliphatic heterocycles. The Hall–Kier alpha value is -1.97. The van der Waals surface area contributed by atoms with E-state index in [0.29, 0.717) is 12.0 Å². The fourth-order valence-electron chi connectivity index (χ4n) is 2.20. The second-order valence-corrected chi connectivity index (χ2v) is 7.89. The van der Waals surface area contributed by atoms with Crippen LogP contribution in [0.5, 0.6) is 0 Å². The van der Waals surface area contributed by atoms with E-state index in [1.807, 2.05) is 0 Å². The van der Waals surface area contributed by atoms with Crippen molar-refractivity contribution < 1.29 is 27.9 Å². The average molecular weight is 386 g/mol. The summed E-state index contributed by atoms with van der Waals surface area (Å²) >= 11 is 0. The number of amides is 1. The smallest absolute Gasteiger partial charge is 0.307 e. The van der Waals surface area contributed by atoms with Gasteiger partial charge in [-0.1, -0.05) is 0 Å². The first-order chi connectivity index (χ1) is 12.2. The average Bonchev–Trinajstić information content (AvgIpc) is 2.61. The fourth-order valence-corrected chi connectivity index (χ4v) is 3.10.